The van der Waals surface area contributed by atoms with Crippen LogP contribution in [0.1, 0.15) is 10.4 Å². The van der Waals surface area contributed by atoms with E-state index in [-0.39, 0.29) is 5.91 Å². The van der Waals surface area contributed by atoms with E-state index in [0.717, 1.165) is 17.0 Å². The number of fused-ring (bicyclic) bond motifs is 1. The molecule has 1 amide bonds. The van der Waals surface area contributed by atoms with Crippen LogP contribution in [0.4, 0.5) is 5.82 Å². The van der Waals surface area contributed by atoms with Crippen LogP contribution in [0.25, 0.3) is 11.2 Å². The van der Waals surface area contributed by atoms with Crippen LogP contribution < -0.4 is 4.90 Å². The second kappa shape index (κ2) is 5.59. The van der Waals surface area contributed by atoms with E-state index >= 15 is 0 Å². The first-order chi connectivity index (χ1) is 11.6. The first-order valence-corrected chi connectivity index (χ1v) is 7.78. The zero-order valence-corrected chi connectivity index (χ0v) is 13.6. The molecule has 3 aromatic heterocycles. The lowest BCUT2D eigenvalue weighted by atomic mass is 10.2. The number of amides is 1. The van der Waals surface area contributed by atoms with Gasteiger partial charge >= 0.3 is 0 Å². The fourth-order valence-electron chi connectivity index (χ4n) is 3.00. The molecule has 0 saturated carbocycles. The lowest BCUT2D eigenvalue weighted by Crippen LogP contribution is -2.49. The number of imidazole rings is 1. The fraction of sp³-hybridized carbons (Fsp3) is 0.400. The summed E-state index contributed by atoms with van der Waals surface area (Å²) in [5, 5.41) is 4.06. The number of carbonyl (C=O) groups excluding carboxylic acids is 1. The van der Waals surface area contributed by atoms with Crippen LogP contribution in [-0.4, -0.2) is 66.3 Å². The predicted octanol–water partition coefficient (Wildman–Crippen LogP) is 0.0592. The van der Waals surface area contributed by atoms with Gasteiger partial charge in [0.15, 0.2) is 17.0 Å². The summed E-state index contributed by atoms with van der Waals surface area (Å²) in [6.45, 7) is 2.72. The second-order valence-electron chi connectivity index (χ2n) is 5.91. The molecule has 0 atom stereocenters. The van der Waals surface area contributed by atoms with Gasteiger partial charge in [-0.25, -0.2) is 15.0 Å². The smallest absolute Gasteiger partial charge is 0.257 e. The average Bonchev–Trinajstić information content (AvgIpc) is 3.21. The van der Waals surface area contributed by atoms with E-state index in [2.05, 4.69) is 25.0 Å². The Morgan fingerprint density at radius 2 is 1.88 bits per heavy atom. The topological polar surface area (TPSA) is 85.0 Å². The molecule has 24 heavy (non-hydrogen) atoms. The lowest BCUT2D eigenvalue weighted by Gasteiger charge is -2.35. The van der Waals surface area contributed by atoms with Gasteiger partial charge < -0.3 is 14.4 Å². The third-order valence-corrected chi connectivity index (χ3v) is 4.30. The Hall–Kier alpha value is -2.97. The van der Waals surface area contributed by atoms with Gasteiger partial charge in [0.2, 0.25) is 0 Å². The molecule has 1 aliphatic heterocycles. The molecule has 3 aromatic rings. The first kappa shape index (κ1) is 14.6. The number of hydrogen-bond donors (Lipinski definition) is 0. The summed E-state index contributed by atoms with van der Waals surface area (Å²) >= 11 is 0. The number of rotatable bonds is 2. The fourth-order valence-corrected chi connectivity index (χ4v) is 3.00. The molecule has 9 nitrogen and oxygen atoms in total. The molecule has 0 radical (unpaired) electrons. The SMILES string of the molecule is Cn1cc(C(=O)N2CCN(c3ncnc4c3ncn4C)CC2)cn1. The van der Waals surface area contributed by atoms with Gasteiger partial charge in [-0.2, -0.15) is 5.10 Å². The number of hydrogen-bond acceptors (Lipinski definition) is 6. The van der Waals surface area contributed by atoms with Crippen molar-refractivity contribution >= 4 is 22.9 Å². The molecule has 0 N–H and O–H groups in total. The minimum Gasteiger partial charge on any atom is -0.351 e. The van der Waals surface area contributed by atoms with E-state index in [1.165, 1.54) is 0 Å². The highest BCUT2D eigenvalue weighted by Gasteiger charge is 2.25. The Morgan fingerprint density at radius 3 is 2.58 bits per heavy atom. The minimum absolute atomic E-state index is 0.0217. The van der Waals surface area contributed by atoms with Gasteiger partial charge in [-0.3, -0.25) is 9.48 Å². The van der Waals surface area contributed by atoms with Crippen LogP contribution >= 0.6 is 0 Å². The maximum absolute atomic E-state index is 12.5. The van der Waals surface area contributed by atoms with Crippen LogP contribution in [0, 0.1) is 0 Å². The molecule has 9 heteroatoms. The van der Waals surface area contributed by atoms with Crippen molar-refractivity contribution < 1.29 is 4.79 Å². The molecular weight excluding hydrogens is 308 g/mol. The Morgan fingerprint density at radius 1 is 1.08 bits per heavy atom. The van der Waals surface area contributed by atoms with Gasteiger partial charge in [0.25, 0.3) is 5.91 Å². The summed E-state index contributed by atoms with van der Waals surface area (Å²) in [4.78, 5) is 29.6. The van der Waals surface area contributed by atoms with Crippen molar-refractivity contribution in [2.75, 3.05) is 31.1 Å². The van der Waals surface area contributed by atoms with Crippen LogP contribution in [0.5, 0.6) is 0 Å². The van der Waals surface area contributed by atoms with Gasteiger partial charge in [0.05, 0.1) is 18.1 Å². The largest absolute Gasteiger partial charge is 0.351 e. The Balaban J connectivity index is 1.50. The van der Waals surface area contributed by atoms with E-state index in [1.54, 1.807) is 29.7 Å². The number of piperazine rings is 1. The predicted molar refractivity (Wildman–Crippen MR) is 87.6 cm³/mol. The molecule has 4 heterocycles. The third-order valence-electron chi connectivity index (χ3n) is 4.30. The lowest BCUT2D eigenvalue weighted by molar-refractivity contribution is 0.0746. The van der Waals surface area contributed by atoms with Crippen molar-refractivity contribution in [3.63, 3.8) is 0 Å². The summed E-state index contributed by atoms with van der Waals surface area (Å²) < 4.78 is 3.52. The van der Waals surface area contributed by atoms with Gasteiger partial charge in [0, 0.05) is 46.5 Å². The van der Waals surface area contributed by atoms with Gasteiger partial charge in [-0.15, -0.1) is 0 Å². The summed E-state index contributed by atoms with van der Waals surface area (Å²) in [7, 11) is 3.72. The molecule has 0 bridgehead atoms. The highest BCUT2D eigenvalue weighted by atomic mass is 16.2. The maximum atomic E-state index is 12.5. The molecule has 0 spiro atoms. The van der Waals surface area contributed by atoms with Crippen molar-refractivity contribution in [3.8, 4) is 0 Å². The molecule has 0 unspecified atom stereocenters. The van der Waals surface area contributed by atoms with Gasteiger partial charge in [-0.05, 0) is 0 Å². The summed E-state index contributed by atoms with van der Waals surface area (Å²) in [5.41, 5.74) is 2.24. The van der Waals surface area contributed by atoms with Crippen LogP contribution in [-0.2, 0) is 14.1 Å². The van der Waals surface area contributed by atoms with E-state index < -0.39 is 0 Å². The maximum Gasteiger partial charge on any atom is 0.257 e. The van der Waals surface area contributed by atoms with Gasteiger partial charge in [0.1, 0.15) is 6.33 Å². The molecule has 1 saturated heterocycles. The van der Waals surface area contributed by atoms with Crippen molar-refractivity contribution in [2.24, 2.45) is 14.1 Å². The highest BCUT2D eigenvalue weighted by molar-refractivity contribution is 5.94. The molecule has 0 aliphatic carbocycles. The molecular formula is C15H18N8O. The van der Waals surface area contributed by atoms with E-state index in [0.29, 0.717) is 31.7 Å². The van der Waals surface area contributed by atoms with Crippen molar-refractivity contribution in [1.82, 2.24) is 34.2 Å². The van der Waals surface area contributed by atoms with Crippen LogP contribution in [0.2, 0.25) is 0 Å². The second-order valence-corrected chi connectivity index (χ2v) is 5.91. The molecule has 4 rings (SSSR count). The Labute approximate surface area is 138 Å². The van der Waals surface area contributed by atoms with Gasteiger partial charge in [-0.1, -0.05) is 0 Å². The molecule has 124 valence electrons. The average molecular weight is 326 g/mol. The van der Waals surface area contributed by atoms with Crippen molar-refractivity contribution in [3.05, 3.63) is 30.6 Å². The van der Waals surface area contributed by atoms with Crippen molar-refractivity contribution in [1.29, 1.82) is 0 Å². The van der Waals surface area contributed by atoms with Crippen LogP contribution in [0.15, 0.2) is 25.0 Å². The quantitative estimate of drug-likeness (QED) is 0.662. The van der Waals surface area contributed by atoms with E-state index in [4.69, 9.17) is 0 Å². The number of anilines is 1. The molecule has 1 fully saturated rings. The highest BCUT2D eigenvalue weighted by Crippen LogP contribution is 2.22. The Bertz CT molecular complexity index is 890. The summed E-state index contributed by atoms with van der Waals surface area (Å²) in [5.74, 6) is 0.850. The normalized spacial score (nSPS) is 15.2. The molecule has 0 aromatic carbocycles. The Kier molecular flexibility index (Phi) is 3.40. The summed E-state index contributed by atoms with van der Waals surface area (Å²) in [6, 6.07) is 0. The van der Waals surface area contributed by atoms with Crippen LogP contribution in [0.3, 0.4) is 0 Å². The first-order valence-electron chi connectivity index (χ1n) is 7.78. The number of aryl methyl sites for hydroxylation is 2. The standard InChI is InChI=1S/C15H18N8O/c1-20-10-18-12-13(20)16-9-17-14(12)22-3-5-23(6-4-22)15(24)11-7-19-21(2)8-11/h7-10H,3-6H2,1-2H3. The zero-order chi connectivity index (χ0) is 16.7. The minimum atomic E-state index is 0.0217. The van der Waals surface area contributed by atoms with Crippen molar-refractivity contribution in [2.45, 2.75) is 0 Å². The summed E-state index contributed by atoms with van der Waals surface area (Å²) in [6.07, 6.45) is 6.66. The third kappa shape index (κ3) is 2.38. The van der Waals surface area contributed by atoms with E-state index in [9.17, 15) is 4.79 Å². The molecule has 1 aliphatic rings. The number of carbonyl (C=O) groups is 1. The number of nitrogens with zero attached hydrogens (tertiary/aromatic N) is 8. The zero-order valence-electron chi connectivity index (χ0n) is 13.6. The number of aromatic nitrogens is 6. The monoisotopic (exact) mass is 326 g/mol. The van der Waals surface area contributed by atoms with E-state index in [1.807, 2.05) is 23.6 Å².